The van der Waals surface area contributed by atoms with Gasteiger partial charge in [-0.05, 0) is 12.1 Å². The van der Waals surface area contributed by atoms with Crippen LogP contribution in [0.25, 0.3) is 0 Å². The van der Waals surface area contributed by atoms with Crippen LogP contribution in [0, 0.1) is 0 Å². The van der Waals surface area contributed by atoms with E-state index in [2.05, 4.69) is 24.4 Å². The minimum absolute atomic E-state index is 0.250. The third-order valence-corrected chi connectivity index (χ3v) is 5.98. The van der Waals surface area contributed by atoms with Gasteiger partial charge in [-0.25, -0.2) is 4.39 Å². The molecule has 0 aromatic heterocycles. The summed E-state index contributed by atoms with van der Waals surface area (Å²) < 4.78 is 16.4. The number of alkyl halides is 1. The second-order valence-corrected chi connectivity index (χ2v) is 9.32. The van der Waals surface area contributed by atoms with E-state index >= 15 is 0 Å². The molecule has 3 nitrogen and oxygen atoms in total. The van der Waals surface area contributed by atoms with Gasteiger partial charge in [-0.3, -0.25) is 4.79 Å². The summed E-state index contributed by atoms with van der Waals surface area (Å²) in [6, 6.07) is 7.81. The first-order valence-corrected chi connectivity index (χ1v) is 9.14. The fraction of sp³-hybridized carbons (Fsp3) is 0.357. The molecule has 0 aliphatic heterocycles. The van der Waals surface area contributed by atoms with Gasteiger partial charge in [0, 0.05) is 12.7 Å². The van der Waals surface area contributed by atoms with Crippen LogP contribution in [0.15, 0.2) is 36.5 Å². The van der Waals surface area contributed by atoms with Crippen LogP contribution in [0.3, 0.4) is 0 Å². The lowest BCUT2D eigenvalue weighted by atomic mass is 10.3. The Morgan fingerprint density at radius 3 is 2.79 bits per heavy atom. The Morgan fingerprint density at radius 1 is 1.53 bits per heavy atom. The smallest absolute Gasteiger partial charge is 0.252 e. The Bertz CT molecular complexity index is 463. The molecule has 0 unspecified atom stereocenters. The van der Waals surface area contributed by atoms with E-state index in [9.17, 15) is 9.18 Å². The summed E-state index contributed by atoms with van der Waals surface area (Å²) in [6.45, 7) is 7.05. The number of carbonyl (C=O) groups is 1. The molecule has 1 aromatic rings. The molecule has 0 radical (unpaired) electrons. The van der Waals surface area contributed by atoms with E-state index in [4.69, 9.17) is 0 Å². The van der Waals surface area contributed by atoms with Crippen LogP contribution in [0.4, 0.5) is 10.1 Å². The SMILES string of the molecule is C=C[Si](C)(C)c1cccc(N(C)C(=O)COCF)c1. The van der Waals surface area contributed by atoms with Gasteiger partial charge in [0.25, 0.3) is 5.91 Å². The monoisotopic (exact) mass is 281 g/mol. The fourth-order valence-corrected chi connectivity index (χ4v) is 2.88. The van der Waals surface area contributed by atoms with E-state index in [1.807, 2.05) is 30.0 Å². The van der Waals surface area contributed by atoms with Crippen LogP contribution in [-0.4, -0.2) is 34.5 Å². The zero-order valence-electron chi connectivity index (χ0n) is 11.6. The van der Waals surface area contributed by atoms with Gasteiger partial charge in [0.15, 0.2) is 6.86 Å². The van der Waals surface area contributed by atoms with Crippen molar-refractivity contribution in [2.45, 2.75) is 13.1 Å². The molecule has 1 amide bonds. The minimum atomic E-state index is -1.66. The van der Waals surface area contributed by atoms with Gasteiger partial charge >= 0.3 is 0 Å². The van der Waals surface area contributed by atoms with Crippen molar-refractivity contribution < 1.29 is 13.9 Å². The molecule has 104 valence electrons. The van der Waals surface area contributed by atoms with Crippen molar-refractivity contribution in [3.8, 4) is 0 Å². The fourth-order valence-electron chi connectivity index (χ4n) is 1.60. The standard InChI is InChI=1S/C14H20FNO2Si/c1-5-19(3,4)13-8-6-7-12(9-13)16(2)14(17)10-18-11-15/h5-9H,1,10-11H2,2-4H3. The predicted octanol–water partition coefficient (Wildman–Crippen LogP) is 2.23. The van der Waals surface area contributed by atoms with E-state index in [1.165, 1.54) is 10.1 Å². The van der Waals surface area contributed by atoms with Gasteiger partial charge in [0.2, 0.25) is 0 Å². The highest BCUT2D eigenvalue weighted by molar-refractivity contribution is 6.93. The normalized spacial score (nSPS) is 11.2. The van der Waals surface area contributed by atoms with Gasteiger partial charge in [-0.1, -0.05) is 36.1 Å². The third kappa shape index (κ3) is 4.01. The van der Waals surface area contributed by atoms with Crippen molar-refractivity contribution >= 4 is 24.9 Å². The van der Waals surface area contributed by atoms with Crippen molar-refractivity contribution in [2.24, 2.45) is 0 Å². The number of hydrogen-bond donors (Lipinski definition) is 0. The van der Waals surface area contributed by atoms with Crippen LogP contribution in [0.1, 0.15) is 0 Å². The van der Waals surface area contributed by atoms with Gasteiger partial charge in [-0.15, -0.1) is 6.58 Å². The summed E-state index contributed by atoms with van der Waals surface area (Å²) in [7, 11) is 0.00212. The molecule has 0 fully saturated rings. The van der Waals surface area contributed by atoms with E-state index in [0.717, 1.165) is 5.69 Å². The molecule has 0 saturated carbocycles. The zero-order valence-corrected chi connectivity index (χ0v) is 12.6. The van der Waals surface area contributed by atoms with E-state index in [1.54, 1.807) is 7.05 Å². The molecule has 0 aliphatic rings. The Morgan fingerprint density at radius 2 is 2.21 bits per heavy atom. The summed E-state index contributed by atoms with van der Waals surface area (Å²) in [4.78, 5) is 13.2. The molecular formula is C14H20FNO2Si. The highest BCUT2D eigenvalue weighted by Crippen LogP contribution is 2.14. The van der Waals surface area contributed by atoms with Crippen LogP contribution in [0.2, 0.25) is 13.1 Å². The van der Waals surface area contributed by atoms with Gasteiger partial charge in [0.1, 0.15) is 14.7 Å². The quantitative estimate of drug-likeness (QED) is 0.748. The largest absolute Gasteiger partial charge is 0.341 e. The molecule has 0 aliphatic carbocycles. The van der Waals surface area contributed by atoms with Crippen LogP contribution < -0.4 is 10.1 Å². The Balaban J connectivity index is 2.93. The predicted molar refractivity (Wildman–Crippen MR) is 79.1 cm³/mol. The molecule has 0 spiro atoms. The summed E-state index contributed by atoms with van der Waals surface area (Å²) in [6.07, 6.45) is 0. The first kappa shape index (κ1) is 15.6. The van der Waals surface area contributed by atoms with Gasteiger partial charge in [0.05, 0.1) is 0 Å². The number of halogens is 1. The highest BCUT2D eigenvalue weighted by atomic mass is 28.3. The molecule has 5 heteroatoms. The minimum Gasteiger partial charge on any atom is -0.341 e. The number of nitrogens with zero attached hydrogens (tertiary/aromatic N) is 1. The molecule has 0 atom stereocenters. The molecular weight excluding hydrogens is 261 g/mol. The second-order valence-electron chi connectivity index (χ2n) is 4.89. The molecule has 0 saturated heterocycles. The van der Waals surface area contributed by atoms with Crippen LogP contribution >= 0.6 is 0 Å². The number of benzene rings is 1. The van der Waals surface area contributed by atoms with Crippen molar-refractivity contribution in [3.63, 3.8) is 0 Å². The number of carbonyl (C=O) groups excluding carboxylic acids is 1. The average Bonchev–Trinajstić information content (AvgIpc) is 2.44. The molecule has 19 heavy (non-hydrogen) atoms. The summed E-state index contributed by atoms with van der Waals surface area (Å²) >= 11 is 0. The third-order valence-electron chi connectivity index (χ3n) is 3.16. The maximum atomic E-state index is 11.9. The number of ether oxygens (including phenoxy) is 1. The maximum absolute atomic E-state index is 11.9. The molecule has 0 bridgehead atoms. The van der Waals surface area contributed by atoms with E-state index in [-0.39, 0.29) is 12.5 Å². The molecule has 1 aromatic carbocycles. The number of likely N-dealkylation sites (N-methyl/N-ethyl adjacent to an activating group) is 1. The number of anilines is 1. The number of hydrogen-bond acceptors (Lipinski definition) is 2. The highest BCUT2D eigenvalue weighted by Gasteiger charge is 2.20. The molecule has 0 heterocycles. The number of amides is 1. The maximum Gasteiger partial charge on any atom is 0.252 e. The van der Waals surface area contributed by atoms with Crippen LogP contribution in [-0.2, 0) is 9.53 Å². The van der Waals surface area contributed by atoms with Crippen molar-refractivity contribution in [1.82, 2.24) is 0 Å². The topological polar surface area (TPSA) is 29.5 Å². The lowest BCUT2D eigenvalue weighted by molar-refractivity contribution is -0.124. The second kappa shape index (κ2) is 6.63. The summed E-state index contributed by atoms with van der Waals surface area (Å²) in [5.74, 6) is -0.270. The first-order valence-electron chi connectivity index (χ1n) is 6.07. The lowest BCUT2D eigenvalue weighted by Crippen LogP contribution is -2.40. The summed E-state index contributed by atoms with van der Waals surface area (Å²) in [5.41, 5.74) is 2.78. The van der Waals surface area contributed by atoms with E-state index in [0.29, 0.717) is 0 Å². The Labute approximate surface area is 114 Å². The Hall–Kier alpha value is -1.46. The van der Waals surface area contributed by atoms with Crippen molar-refractivity contribution in [2.75, 3.05) is 25.4 Å². The van der Waals surface area contributed by atoms with E-state index < -0.39 is 14.9 Å². The van der Waals surface area contributed by atoms with Crippen molar-refractivity contribution in [1.29, 1.82) is 0 Å². The van der Waals surface area contributed by atoms with Crippen molar-refractivity contribution in [3.05, 3.63) is 36.5 Å². The molecule has 0 N–H and O–H groups in total. The Kier molecular flexibility index (Phi) is 5.44. The van der Waals surface area contributed by atoms with Gasteiger partial charge < -0.3 is 9.64 Å². The zero-order chi connectivity index (χ0) is 14.5. The number of rotatable bonds is 6. The van der Waals surface area contributed by atoms with Gasteiger partial charge in [-0.2, -0.15) is 0 Å². The molecule has 1 rings (SSSR count). The van der Waals surface area contributed by atoms with Crippen LogP contribution in [0.5, 0.6) is 0 Å². The first-order chi connectivity index (χ1) is 8.92. The lowest BCUT2D eigenvalue weighted by Gasteiger charge is -2.22. The average molecular weight is 281 g/mol. The summed E-state index contributed by atoms with van der Waals surface area (Å²) in [5, 5.41) is 1.20.